The highest BCUT2D eigenvalue weighted by molar-refractivity contribution is 6.05. The summed E-state index contributed by atoms with van der Waals surface area (Å²) in [5.41, 5.74) is 6.38. The lowest BCUT2D eigenvalue weighted by atomic mass is 10.0. The van der Waals surface area contributed by atoms with Crippen LogP contribution in [-0.4, -0.2) is 24.9 Å². The van der Waals surface area contributed by atoms with Gasteiger partial charge in [-0.05, 0) is 41.5 Å². The van der Waals surface area contributed by atoms with Crippen LogP contribution in [0.4, 0.5) is 0 Å². The predicted octanol–water partition coefficient (Wildman–Crippen LogP) is 7.96. The highest BCUT2D eigenvalue weighted by Crippen LogP contribution is 2.31. The Morgan fingerprint density at radius 2 is 1.54 bits per heavy atom. The van der Waals surface area contributed by atoms with Crippen molar-refractivity contribution in [1.82, 2.24) is 24.9 Å². The minimum atomic E-state index is 0.376. The second-order valence-corrected chi connectivity index (χ2v) is 9.80. The van der Waals surface area contributed by atoms with E-state index in [0.717, 1.165) is 57.0 Å². The summed E-state index contributed by atoms with van der Waals surface area (Å²) in [5.74, 6) is 2.87. The number of imidazole rings is 2. The molecular formula is C30H29N5. The molecule has 3 aromatic heterocycles. The van der Waals surface area contributed by atoms with E-state index in [4.69, 9.17) is 9.97 Å². The first-order chi connectivity index (χ1) is 17.0. The normalized spacial score (nSPS) is 12.8. The zero-order chi connectivity index (χ0) is 24.1. The van der Waals surface area contributed by atoms with Crippen LogP contribution in [0.2, 0.25) is 0 Å². The van der Waals surface area contributed by atoms with Gasteiger partial charge in [-0.3, -0.25) is 4.98 Å². The second-order valence-electron chi connectivity index (χ2n) is 9.80. The summed E-state index contributed by atoms with van der Waals surface area (Å²) in [4.78, 5) is 21.2. The number of pyridine rings is 1. The molecular weight excluding hydrogens is 430 g/mol. The summed E-state index contributed by atoms with van der Waals surface area (Å²) in [6.45, 7) is 8.69. The van der Waals surface area contributed by atoms with Crippen molar-refractivity contribution in [3.63, 3.8) is 0 Å². The van der Waals surface area contributed by atoms with Crippen molar-refractivity contribution in [2.75, 3.05) is 0 Å². The first-order valence-electron chi connectivity index (χ1n) is 12.4. The number of rotatable bonds is 5. The molecule has 5 heteroatoms. The van der Waals surface area contributed by atoms with Gasteiger partial charge in [-0.25, -0.2) is 9.97 Å². The summed E-state index contributed by atoms with van der Waals surface area (Å²) in [6, 6.07) is 19.5. The van der Waals surface area contributed by atoms with E-state index in [2.05, 4.69) is 97.2 Å². The maximum Gasteiger partial charge on any atom is 0.110 e. The van der Waals surface area contributed by atoms with Crippen molar-refractivity contribution in [1.29, 1.82) is 0 Å². The molecule has 5 nitrogen and oxygen atoms in total. The zero-order valence-corrected chi connectivity index (χ0v) is 20.6. The van der Waals surface area contributed by atoms with Crippen molar-refractivity contribution in [2.45, 2.75) is 46.0 Å². The van der Waals surface area contributed by atoms with Gasteiger partial charge in [0.25, 0.3) is 0 Å². The molecule has 1 unspecified atom stereocenters. The molecule has 0 fully saturated rings. The van der Waals surface area contributed by atoms with Crippen molar-refractivity contribution < 1.29 is 0 Å². The lowest BCUT2D eigenvalue weighted by Gasteiger charge is -2.07. The zero-order valence-electron chi connectivity index (χ0n) is 20.6. The number of aromatic nitrogens is 5. The summed E-state index contributed by atoms with van der Waals surface area (Å²) < 4.78 is 0. The van der Waals surface area contributed by atoms with Crippen LogP contribution < -0.4 is 0 Å². The van der Waals surface area contributed by atoms with E-state index in [0.29, 0.717) is 11.8 Å². The molecule has 174 valence electrons. The number of benzene rings is 3. The van der Waals surface area contributed by atoms with Crippen LogP contribution in [0.1, 0.15) is 57.6 Å². The van der Waals surface area contributed by atoms with E-state index >= 15 is 0 Å². The smallest absolute Gasteiger partial charge is 0.110 e. The fraction of sp³-hybridized carbons (Fsp3) is 0.233. The number of H-pyrrole nitrogens is 2. The highest BCUT2D eigenvalue weighted by atomic mass is 14.9. The van der Waals surface area contributed by atoms with Crippen LogP contribution in [0.5, 0.6) is 0 Å². The molecule has 6 aromatic rings. The molecule has 0 radical (unpaired) electrons. The molecule has 0 spiro atoms. The number of nitrogens with zero attached hydrogens (tertiary/aromatic N) is 3. The van der Waals surface area contributed by atoms with Crippen molar-refractivity contribution in [3.05, 3.63) is 78.6 Å². The Kier molecular flexibility index (Phi) is 5.14. The molecule has 0 aliphatic heterocycles. The van der Waals surface area contributed by atoms with Crippen LogP contribution in [0, 0.1) is 0 Å². The maximum atomic E-state index is 4.92. The molecule has 0 saturated heterocycles. The van der Waals surface area contributed by atoms with Gasteiger partial charge in [0.2, 0.25) is 0 Å². The fourth-order valence-electron chi connectivity index (χ4n) is 4.65. The Morgan fingerprint density at radius 3 is 2.34 bits per heavy atom. The SMILES string of the molecule is CCC(C)c1nc2c(ccc3cc(-c4cc5ccc(-c6cnc(C(C)C)[nH]6)cc5cn4)ccc32)[nH]1. The van der Waals surface area contributed by atoms with Gasteiger partial charge in [0.05, 0.1) is 28.6 Å². The standard InChI is InChI=1S/C30H29N5/c1-5-18(4)30-33-25-11-9-20-12-21(8-10-24(20)28(25)35-30)26-14-19-6-7-22(13-23(19)15-31-26)27-16-32-29(34-27)17(2)3/h6-18H,5H2,1-4H3,(H,32,34)(H,33,35). The maximum absolute atomic E-state index is 4.92. The van der Waals surface area contributed by atoms with Crippen LogP contribution in [0.3, 0.4) is 0 Å². The third kappa shape index (κ3) is 3.77. The summed E-state index contributed by atoms with van der Waals surface area (Å²) in [7, 11) is 0. The molecule has 1 atom stereocenters. The quantitative estimate of drug-likeness (QED) is 0.275. The lowest BCUT2D eigenvalue weighted by molar-refractivity contribution is 0.692. The Bertz CT molecular complexity index is 1690. The van der Waals surface area contributed by atoms with Gasteiger partial charge in [0.1, 0.15) is 11.6 Å². The molecule has 0 bridgehead atoms. The minimum absolute atomic E-state index is 0.376. The molecule has 3 heterocycles. The van der Waals surface area contributed by atoms with Crippen LogP contribution >= 0.6 is 0 Å². The van der Waals surface area contributed by atoms with Crippen LogP contribution in [0.25, 0.3) is 55.1 Å². The molecule has 0 aliphatic carbocycles. The van der Waals surface area contributed by atoms with Gasteiger partial charge in [0, 0.05) is 39.9 Å². The monoisotopic (exact) mass is 459 g/mol. The Morgan fingerprint density at radius 1 is 0.743 bits per heavy atom. The molecule has 0 aliphatic rings. The van der Waals surface area contributed by atoms with E-state index in [1.165, 1.54) is 16.2 Å². The van der Waals surface area contributed by atoms with Gasteiger partial charge in [-0.15, -0.1) is 0 Å². The first kappa shape index (κ1) is 21.5. The van der Waals surface area contributed by atoms with Gasteiger partial charge in [-0.2, -0.15) is 0 Å². The van der Waals surface area contributed by atoms with Gasteiger partial charge >= 0.3 is 0 Å². The van der Waals surface area contributed by atoms with E-state index in [1.807, 2.05) is 12.4 Å². The van der Waals surface area contributed by atoms with Gasteiger partial charge < -0.3 is 9.97 Å². The summed E-state index contributed by atoms with van der Waals surface area (Å²) in [6.07, 6.45) is 4.95. The lowest BCUT2D eigenvalue weighted by Crippen LogP contribution is -1.93. The highest BCUT2D eigenvalue weighted by Gasteiger charge is 2.13. The summed E-state index contributed by atoms with van der Waals surface area (Å²) in [5, 5.41) is 4.63. The van der Waals surface area contributed by atoms with Crippen LogP contribution in [-0.2, 0) is 0 Å². The number of fused-ring (bicyclic) bond motifs is 4. The number of aromatic amines is 2. The Labute approximate surface area is 204 Å². The predicted molar refractivity (Wildman–Crippen MR) is 145 cm³/mol. The Hall–Kier alpha value is -3.99. The Balaban J connectivity index is 1.36. The minimum Gasteiger partial charge on any atom is -0.342 e. The molecule has 3 aromatic carbocycles. The third-order valence-corrected chi connectivity index (χ3v) is 7.04. The number of nitrogens with one attached hydrogen (secondary N) is 2. The average molecular weight is 460 g/mol. The molecule has 6 rings (SSSR count). The van der Waals surface area contributed by atoms with Crippen LogP contribution in [0.15, 0.2) is 67.0 Å². The van der Waals surface area contributed by atoms with Gasteiger partial charge in [-0.1, -0.05) is 58.0 Å². The largest absolute Gasteiger partial charge is 0.342 e. The topological polar surface area (TPSA) is 70.2 Å². The molecule has 0 saturated carbocycles. The number of hydrogen-bond donors (Lipinski definition) is 2. The number of hydrogen-bond acceptors (Lipinski definition) is 3. The molecule has 35 heavy (non-hydrogen) atoms. The van der Waals surface area contributed by atoms with E-state index in [9.17, 15) is 0 Å². The fourth-order valence-corrected chi connectivity index (χ4v) is 4.65. The second kappa shape index (κ2) is 8.35. The summed E-state index contributed by atoms with van der Waals surface area (Å²) >= 11 is 0. The van der Waals surface area contributed by atoms with E-state index in [-0.39, 0.29) is 0 Å². The van der Waals surface area contributed by atoms with Crippen molar-refractivity contribution >= 4 is 32.6 Å². The van der Waals surface area contributed by atoms with Gasteiger partial charge in [0.15, 0.2) is 0 Å². The molecule has 2 N–H and O–H groups in total. The molecule has 0 amide bonds. The third-order valence-electron chi connectivity index (χ3n) is 7.04. The average Bonchev–Trinajstić information content (AvgIpc) is 3.55. The first-order valence-corrected chi connectivity index (χ1v) is 12.4. The van der Waals surface area contributed by atoms with Crippen molar-refractivity contribution in [2.24, 2.45) is 0 Å². The van der Waals surface area contributed by atoms with Crippen molar-refractivity contribution in [3.8, 4) is 22.5 Å². The van der Waals surface area contributed by atoms with E-state index < -0.39 is 0 Å². The van der Waals surface area contributed by atoms with E-state index in [1.54, 1.807) is 0 Å².